The Hall–Kier alpha value is -0.290. The molecule has 0 aliphatic heterocycles. The summed E-state index contributed by atoms with van der Waals surface area (Å²) < 4.78 is 26.8. The van der Waals surface area contributed by atoms with Gasteiger partial charge in [0.25, 0.3) is 0 Å². The summed E-state index contributed by atoms with van der Waals surface area (Å²) in [5, 5.41) is 0.518. The Morgan fingerprint density at radius 3 is 2.37 bits per heavy atom. The number of hydrogen-bond acceptors (Lipinski definition) is 2. The SMILES string of the molecule is CCCC(CCCl)CNS(=O)(=O)c1ccc(Cl)cc1. The van der Waals surface area contributed by atoms with Gasteiger partial charge in [-0.05, 0) is 43.0 Å². The average Bonchev–Trinajstić information content (AvgIpc) is 2.37. The molecular formula is C13H19Cl2NO2S. The monoisotopic (exact) mass is 323 g/mol. The van der Waals surface area contributed by atoms with Crippen LogP contribution in [0.2, 0.25) is 5.02 Å². The van der Waals surface area contributed by atoms with Crippen LogP contribution >= 0.6 is 23.2 Å². The van der Waals surface area contributed by atoms with Gasteiger partial charge in [-0.2, -0.15) is 0 Å². The molecule has 1 rings (SSSR count). The Bertz CT molecular complexity index is 468. The van der Waals surface area contributed by atoms with Crippen molar-refractivity contribution in [1.29, 1.82) is 0 Å². The summed E-state index contributed by atoms with van der Waals surface area (Å²) >= 11 is 11.5. The van der Waals surface area contributed by atoms with E-state index in [1.165, 1.54) is 12.1 Å². The Morgan fingerprint density at radius 2 is 1.84 bits per heavy atom. The van der Waals surface area contributed by atoms with Crippen molar-refractivity contribution < 1.29 is 8.42 Å². The zero-order valence-corrected chi connectivity index (χ0v) is 13.2. The molecule has 1 N–H and O–H groups in total. The summed E-state index contributed by atoms with van der Waals surface area (Å²) in [6.07, 6.45) is 2.80. The number of hydrogen-bond donors (Lipinski definition) is 1. The van der Waals surface area contributed by atoms with E-state index in [2.05, 4.69) is 11.6 Å². The van der Waals surface area contributed by atoms with Crippen LogP contribution in [-0.2, 0) is 10.0 Å². The predicted octanol–water partition coefficient (Wildman–Crippen LogP) is 3.66. The maximum absolute atomic E-state index is 12.1. The van der Waals surface area contributed by atoms with E-state index in [9.17, 15) is 8.42 Å². The lowest BCUT2D eigenvalue weighted by molar-refractivity contribution is 0.457. The van der Waals surface area contributed by atoms with Crippen LogP contribution in [0.25, 0.3) is 0 Å². The number of nitrogens with one attached hydrogen (secondary N) is 1. The molecule has 6 heteroatoms. The topological polar surface area (TPSA) is 46.2 Å². The standard InChI is InChI=1S/C13H19Cl2NO2S/c1-2-3-11(8-9-14)10-16-19(17,18)13-6-4-12(15)5-7-13/h4-7,11,16H,2-3,8-10H2,1H3. The van der Waals surface area contributed by atoms with Gasteiger partial charge in [-0.3, -0.25) is 0 Å². The minimum absolute atomic E-state index is 0.234. The molecule has 108 valence electrons. The van der Waals surface area contributed by atoms with Gasteiger partial charge in [-0.25, -0.2) is 13.1 Å². The maximum Gasteiger partial charge on any atom is 0.240 e. The van der Waals surface area contributed by atoms with Gasteiger partial charge in [0.05, 0.1) is 4.90 Å². The first-order chi connectivity index (χ1) is 8.99. The van der Waals surface area contributed by atoms with E-state index in [1.807, 2.05) is 0 Å². The van der Waals surface area contributed by atoms with E-state index in [4.69, 9.17) is 23.2 Å². The van der Waals surface area contributed by atoms with Gasteiger partial charge in [-0.1, -0.05) is 24.9 Å². The first-order valence-electron chi connectivity index (χ1n) is 6.30. The zero-order valence-electron chi connectivity index (χ0n) is 10.9. The third kappa shape index (κ3) is 5.69. The second kappa shape index (κ2) is 8.10. The normalized spacial score (nSPS) is 13.4. The summed E-state index contributed by atoms with van der Waals surface area (Å²) in [7, 11) is -3.46. The molecular weight excluding hydrogens is 305 g/mol. The molecule has 1 unspecified atom stereocenters. The van der Waals surface area contributed by atoms with Crippen LogP contribution in [0.3, 0.4) is 0 Å². The van der Waals surface area contributed by atoms with Gasteiger partial charge < -0.3 is 0 Å². The lowest BCUT2D eigenvalue weighted by atomic mass is 10.0. The van der Waals surface area contributed by atoms with Crippen molar-refractivity contribution in [2.75, 3.05) is 12.4 Å². The van der Waals surface area contributed by atoms with Crippen LogP contribution < -0.4 is 4.72 Å². The summed E-state index contributed by atoms with van der Waals surface area (Å²) in [5.74, 6) is 0.831. The molecule has 0 aliphatic carbocycles. The fourth-order valence-corrected chi connectivity index (χ4v) is 3.39. The lowest BCUT2D eigenvalue weighted by Gasteiger charge is -2.15. The van der Waals surface area contributed by atoms with E-state index >= 15 is 0 Å². The molecule has 1 aromatic carbocycles. The summed E-state index contributed by atoms with van der Waals surface area (Å²) in [5.41, 5.74) is 0. The predicted molar refractivity (Wildman–Crippen MR) is 80.4 cm³/mol. The van der Waals surface area contributed by atoms with Gasteiger partial charge in [-0.15, -0.1) is 11.6 Å². The number of halogens is 2. The van der Waals surface area contributed by atoms with Crippen LogP contribution in [-0.4, -0.2) is 20.8 Å². The summed E-state index contributed by atoms with van der Waals surface area (Å²) in [6, 6.07) is 6.14. The number of rotatable bonds is 8. The van der Waals surface area contributed by atoms with Crippen molar-refractivity contribution >= 4 is 33.2 Å². The first-order valence-corrected chi connectivity index (χ1v) is 8.70. The van der Waals surface area contributed by atoms with E-state index < -0.39 is 10.0 Å². The minimum Gasteiger partial charge on any atom is -0.211 e. The van der Waals surface area contributed by atoms with Crippen LogP contribution in [0.5, 0.6) is 0 Å². The van der Waals surface area contributed by atoms with Gasteiger partial charge in [0.2, 0.25) is 10.0 Å². The highest BCUT2D eigenvalue weighted by Gasteiger charge is 2.16. The molecule has 0 fully saturated rings. The molecule has 0 heterocycles. The molecule has 19 heavy (non-hydrogen) atoms. The van der Waals surface area contributed by atoms with Crippen LogP contribution in [0.15, 0.2) is 29.2 Å². The Morgan fingerprint density at radius 1 is 1.21 bits per heavy atom. The van der Waals surface area contributed by atoms with Crippen molar-refractivity contribution in [2.45, 2.75) is 31.1 Å². The lowest BCUT2D eigenvalue weighted by Crippen LogP contribution is -2.29. The van der Waals surface area contributed by atoms with Gasteiger partial charge in [0.1, 0.15) is 0 Å². The number of alkyl halides is 1. The Labute approximate surface area is 125 Å². The molecule has 0 aliphatic rings. The molecule has 0 aromatic heterocycles. The highest BCUT2D eigenvalue weighted by atomic mass is 35.5. The van der Waals surface area contributed by atoms with Crippen molar-refractivity contribution in [3.05, 3.63) is 29.3 Å². The van der Waals surface area contributed by atoms with Crippen LogP contribution in [0.1, 0.15) is 26.2 Å². The fourth-order valence-electron chi connectivity index (χ4n) is 1.84. The van der Waals surface area contributed by atoms with Crippen molar-refractivity contribution in [2.24, 2.45) is 5.92 Å². The molecule has 1 aromatic rings. The van der Waals surface area contributed by atoms with E-state index in [0.29, 0.717) is 17.4 Å². The van der Waals surface area contributed by atoms with E-state index in [0.717, 1.165) is 19.3 Å². The highest BCUT2D eigenvalue weighted by molar-refractivity contribution is 7.89. The molecule has 3 nitrogen and oxygen atoms in total. The molecule has 0 spiro atoms. The number of benzene rings is 1. The van der Waals surface area contributed by atoms with Crippen LogP contribution in [0, 0.1) is 5.92 Å². The average molecular weight is 324 g/mol. The Kier molecular flexibility index (Phi) is 7.15. The summed E-state index contributed by atoms with van der Waals surface area (Å²) in [4.78, 5) is 0.234. The zero-order chi connectivity index (χ0) is 14.3. The molecule has 1 atom stereocenters. The van der Waals surface area contributed by atoms with Gasteiger partial charge in [0.15, 0.2) is 0 Å². The van der Waals surface area contributed by atoms with Crippen molar-refractivity contribution in [3.8, 4) is 0 Å². The van der Waals surface area contributed by atoms with E-state index in [1.54, 1.807) is 12.1 Å². The quantitative estimate of drug-likeness (QED) is 0.742. The van der Waals surface area contributed by atoms with Crippen molar-refractivity contribution in [3.63, 3.8) is 0 Å². The van der Waals surface area contributed by atoms with E-state index in [-0.39, 0.29) is 10.8 Å². The van der Waals surface area contributed by atoms with Gasteiger partial charge in [0, 0.05) is 17.4 Å². The molecule has 0 radical (unpaired) electrons. The largest absolute Gasteiger partial charge is 0.240 e. The second-order valence-electron chi connectivity index (χ2n) is 4.44. The molecule has 0 bridgehead atoms. The second-order valence-corrected chi connectivity index (χ2v) is 7.02. The Balaban J connectivity index is 2.66. The third-order valence-corrected chi connectivity index (χ3v) is 4.81. The smallest absolute Gasteiger partial charge is 0.211 e. The minimum atomic E-state index is -3.46. The first kappa shape index (κ1) is 16.8. The maximum atomic E-state index is 12.1. The highest BCUT2D eigenvalue weighted by Crippen LogP contribution is 2.16. The van der Waals surface area contributed by atoms with Crippen LogP contribution in [0.4, 0.5) is 0 Å². The van der Waals surface area contributed by atoms with Crippen molar-refractivity contribution in [1.82, 2.24) is 4.72 Å². The molecule has 0 amide bonds. The molecule has 0 saturated heterocycles. The fraction of sp³-hybridized carbons (Fsp3) is 0.538. The summed E-state index contributed by atoms with van der Waals surface area (Å²) in [6.45, 7) is 2.50. The third-order valence-electron chi connectivity index (χ3n) is 2.90. The molecule has 0 saturated carbocycles. The number of sulfonamides is 1. The van der Waals surface area contributed by atoms with Gasteiger partial charge >= 0.3 is 0 Å².